The number of carbonyl (C=O) groups excluding carboxylic acids is 1. The highest BCUT2D eigenvalue weighted by Crippen LogP contribution is 2.06. The minimum atomic E-state index is -0.317. The van der Waals surface area contributed by atoms with Crippen LogP contribution in [0.15, 0.2) is 0 Å². The molecule has 4 heteroatoms. The van der Waals surface area contributed by atoms with Crippen molar-refractivity contribution < 1.29 is 9.90 Å². The Morgan fingerprint density at radius 1 is 1.50 bits per heavy atom. The standard InChI is InChI=1S/C8H18N2O2/c1-8(2,4-5-11)10-7(12)6-9-3/h9,11H,4-6H2,1-3H3,(H,10,12). The molecule has 0 radical (unpaired) electrons. The summed E-state index contributed by atoms with van der Waals surface area (Å²) < 4.78 is 0. The Balaban J connectivity index is 3.79. The van der Waals surface area contributed by atoms with Crippen molar-refractivity contribution in [2.24, 2.45) is 0 Å². The first-order valence-corrected chi connectivity index (χ1v) is 4.08. The summed E-state index contributed by atoms with van der Waals surface area (Å²) >= 11 is 0. The van der Waals surface area contributed by atoms with Gasteiger partial charge in [-0.15, -0.1) is 0 Å². The molecule has 0 heterocycles. The molecule has 0 unspecified atom stereocenters. The van der Waals surface area contributed by atoms with Crippen LogP contribution in [-0.2, 0) is 4.79 Å². The first-order chi connectivity index (χ1) is 5.52. The van der Waals surface area contributed by atoms with Gasteiger partial charge in [-0.3, -0.25) is 4.79 Å². The Bertz CT molecular complexity index is 146. The molecule has 0 rings (SSSR count). The van der Waals surface area contributed by atoms with Crippen LogP contribution in [0.5, 0.6) is 0 Å². The van der Waals surface area contributed by atoms with Crippen LogP contribution in [0, 0.1) is 0 Å². The molecule has 0 fully saturated rings. The van der Waals surface area contributed by atoms with E-state index in [0.29, 0.717) is 13.0 Å². The van der Waals surface area contributed by atoms with E-state index in [2.05, 4.69) is 10.6 Å². The molecule has 0 aliphatic heterocycles. The predicted octanol–water partition coefficient (Wildman–Crippen LogP) is -0.517. The Kier molecular flexibility index (Phi) is 4.85. The summed E-state index contributed by atoms with van der Waals surface area (Å²) in [5.41, 5.74) is -0.317. The first-order valence-electron chi connectivity index (χ1n) is 4.08. The maximum absolute atomic E-state index is 11.1. The van der Waals surface area contributed by atoms with Crippen molar-refractivity contribution in [1.82, 2.24) is 10.6 Å². The third kappa shape index (κ3) is 5.09. The van der Waals surface area contributed by atoms with E-state index >= 15 is 0 Å². The molecule has 0 spiro atoms. The van der Waals surface area contributed by atoms with Gasteiger partial charge in [0.2, 0.25) is 5.91 Å². The number of hydrogen-bond acceptors (Lipinski definition) is 3. The number of aliphatic hydroxyl groups excluding tert-OH is 1. The van der Waals surface area contributed by atoms with Crippen LogP contribution in [-0.4, -0.2) is 36.8 Å². The lowest BCUT2D eigenvalue weighted by molar-refractivity contribution is -0.121. The summed E-state index contributed by atoms with van der Waals surface area (Å²) in [6, 6.07) is 0. The lowest BCUT2D eigenvalue weighted by atomic mass is 10.0. The smallest absolute Gasteiger partial charge is 0.234 e. The minimum absolute atomic E-state index is 0.0454. The Morgan fingerprint density at radius 3 is 2.50 bits per heavy atom. The van der Waals surface area contributed by atoms with E-state index in [9.17, 15) is 4.79 Å². The lowest BCUT2D eigenvalue weighted by Gasteiger charge is -2.25. The molecule has 12 heavy (non-hydrogen) atoms. The Hall–Kier alpha value is -0.610. The molecule has 0 aliphatic carbocycles. The third-order valence-electron chi connectivity index (χ3n) is 1.55. The molecule has 3 N–H and O–H groups in total. The molecular formula is C8H18N2O2. The molecule has 0 aromatic rings. The van der Waals surface area contributed by atoms with Crippen LogP contribution in [0.3, 0.4) is 0 Å². The van der Waals surface area contributed by atoms with Crippen molar-refractivity contribution in [1.29, 1.82) is 0 Å². The molecule has 0 atom stereocenters. The van der Waals surface area contributed by atoms with E-state index in [0.717, 1.165) is 0 Å². The van der Waals surface area contributed by atoms with Gasteiger partial charge in [0.1, 0.15) is 0 Å². The molecular weight excluding hydrogens is 156 g/mol. The van der Waals surface area contributed by atoms with E-state index in [1.54, 1.807) is 7.05 Å². The number of aliphatic hydroxyl groups is 1. The number of likely N-dealkylation sites (N-methyl/N-ethyl adjacent to an activating group) is 1. The van der Waals surface area contributed by atoms with Crippen molar-refractivity contribution >= 4 is 5.91 Å². The van der Waals surface area contributed by atoms with E-state index in [-0.39, 0.29) is 18.1 Å². The predicted molar refractivity (Wildman–Crippen MR) is 47.9 cm³/mol. The topological polar surface area (TPSA) is 61.4 Å². The average molecular weight is 174 g/mol. The number of amides is 1. The molecule has 0 saturated heterocycles. The van der Waals surface area contributed by atoms with Crippen LogP contribution in [0.25, 0.3) is 0 Å². The molecule has 1 amide bonds. The SMILES string of the molecule is CNCC(=O)NC(C)(C)CCO. The zero-order valence-electron chi connectivity index (χ0n) is 7.98. The van der Waals surface area contributed by atoms with Crippen molar-refractivity contribution in [2.45, 2.75) is 25.8 Å². The molecule has 0 aliphatic rings. The maximum Gasteiger partial charge on any atom is 0.234 e. The highest BCUT2D eigenvalue weighted by molar-refractivity contribution is 5.78. The summed E-state index contributed by atoms with van der Waals surface area (Å²) in [5.74, 6) is -0.0454. The second-order valence-electron chi connectivity index (χ2n) is 3.44. The largest absolute Gasteiger partial charge is 0.396 e. The normalized spacial score (nSPS) is 11.3. The van der Waals surface area contributed by atoms with Crippen molar-refractivity contribution in [3.05, 3.63) is 0 Å². The van der Waals surface area contributed by atoms with Gasteiger partial charge < -0.3 is 15.7 Å². The molecule has 72 valence electrons. The summed E-state index contributed by atoms with van der Waals surface area (Å²) in [6.07, 6.45) is 0.572. The molecule has 0 aromatic heterocycles. The van der Waals surface area contributed by atoms with Crippen molar-refractivity contribution in [3.63, 3.8) is 0 Å². The molecule has 4 nitrogen and oxygen atoms in total. The fourth-order valence-electron chi connectivity index (χ4n) is 0.924. The fraction of sp³-hybridized carbons (Fsp3) is 0.875. The second kappa shape index (κ2) is 5.11. The van der Waals surface area contributed by atoms with E-state index in [4.69, 9.17) is 5.11 Å². The van der Waals surface area contributed by atoms with Gasteiger partial charge in [-0.05, 0) is 27.3 Å². The first kappa shape index (κ1) is 11.4. The quantitative estimate of drug-likeness (QED) is 0.526. The fourth-order valence-corrected chi connectivity index (χ4v) is 0.924. The van der Waals surface area contributed by atoms with Crippen LogP contribution in [0.2, 0.25) is 0 Å². The second-order valence-corrected chi connectivity index (χ2v) is 3.44. The molecule has 0 bridgehead atoms. The number of nitrogens with one attached hydrogen (secondary N) is 2. The van der Waals surface area contributed by atoms with Crippen molar-refractivity contribution in [2.75, 3.05) is 20.2 Å². The summed E-state index contributed by atoms with van der Waals surface area (Å²) in [7, 11) is 1.72. The van der Waals surface area contributed by atoms with Gasteiger partial charge >= 0.3 is 0 Å². The third-order valence-corrected chi connectivity index (χ3v) is 1.55. The highest BCUT2D eigenvalue weighted by atomic mass is 16.3. The van der Waals surface area contributed by atoms with E-state index < -0.39 is 0 Å². The zero-order chi connectivity index (χ0) is 9.61. The lowest BCUT2D eigenvalue weighted by Crippen LogP contribution is -2.47. The average Bonchev–Trinajstić information content (AvgIpc) is 1.85. The number of carbonyl (C=O) groups is 1. The molecule has 0 saturated carbocycles. The highest BCUT2D eigenvalue weighted by Gasteiger charge is 2.18. The molecule has 0 aromatic carbocycles. The van der Waals surface area contributed by atoms with E-state index in [1.807, 2.05) is 13.8 Å². The Labute approximate surface area is 73.3 Å². The van der Waals surface area contributed by atoms with Crippen molar-refractivity contribution in [3.8, 4) is 0 Å². The van der Waals surface area contributed by atoms with Gasteiger partial charge in [0.05, 0.1) is 6.54 Å². The summed E-state index contributed by atoms with van der Waals surface area (Å²) in [6.45, 7) is 4.18. The van der Waals surface area contributed by atoms with Crippen LogP contribution < -0.4 is 10.6 Å². The minimum Gasteiger partial charge on any atom is -0.396 e. The van der Waals surface area contributed by atoms with Gasteiger partial charge in [-0.25, -0.2) is 0 Å². The van der Waals surface area contributed by atoms with Gasteiger partial charge in [-0.2, -0.15) is 0 Å². The zero-order valence-corrected chi connectivity index (χ0v) is 7.98. The monoisotopic (exact) mass is 174 g/mol. The Morgan fingerprint density at radius 2 is 2.08 bits per heavy atom. The maximum atomic E-state index is 11.1. The van der Waals surface area contributed by atoms with E-state index in [1.165, 1.54) is 0 Å². The summed E-state index contributed by atoms with van der Waals surface area (Å²) in [5, 5.41) is 14.2. The van der Waals surface area contributed by atoms with Crippen LogP contribution >= 0.6 is 0 Å². The van der Waals surface area contributed by atoms with Crippen LogP contribution in [0.4, 0.5) is 0 Å². The van der Waals surface area contributed by atoms with Gasteiger partial charge in [0, 0.05) is 12.1 Å². The van der Waals surface area contributed by atoms with Crippen LogP contribution in [0.1, 0.15) is 20.3 Å². The van der Waals surface area contributed by atoms with Gasteiger partial charge in [0.15, 0.2) is 0 Å². The van der Waals surface area contributed by atoms with Gasteiger partial charge in [-0.1, -0.05) is 0 Å². The van der Waals surface area contributed by atoms with Gasteiger partial charge in [0.25, 0.3) is 0 Å². The summed E-state index contributed by atoms with van der Waals surface area (Å²) in [4.78, 5) is 11.1. The number of hydrogen-bond donors (Lipinski definition) is 3. The number of rotatable bonds is 5.